The molecule has 1 aliphatic heterocycles. The van der Waals surface area contributed by atoms with Crippen LogP contribution < -0.4 is 16.0 Å². The molecule has 0 aliphatic carbocycles. The summed E-state index contributed by atoms with van der Waals surface area (Å²) in [7, 11) is 1.56. The van der Waals surface area contributed by atoms with Crippen molar-refractivity contribution in [2.24, 2.45) is 0 Å². The average Bonchev–Trinajstić information content (AvgIpc) is 2.49. The van der Waals surface area contributed by atoms with Crippen molar-refractivity contribution in [1.29, 1.82) is 0 Å². The zero-order chi connectivity index (χ0) is 15.2. The summed E-state index contributed by atoms with van der Waals surface area (Å²) in [6, 6.07) is 4.80. The lowest BCUT2D eigenvalue weighted by molar-refractivity contribution is -0.117. The Balaban J connectivity index is 2.00. The predicted molar refractivity (Wildman–Crippen MR) is 82.8 cm³/mol. The number of amides is 2. The normalized spacial score (nSPS) is 15.5. The van der Waals surface area contributed by atoms with Crippen molar-refractivity contribution in [3.05, 3.63) is 28.8 Å². The molecule has 114 valence electrons. The molecule has 0 bridgehead atoms. The van der Waals surface area contributed by atoms with E-state index in [1.807, 2.05) is 0 Å². The Morgan fingerprint density at radius 1 is 1.33 bits per heavy atom. The summed E-state index contributed by atoms with van der Waals surface area (Å²) >= 11 is 6.06. The van der Waals surface area contributed by atoms with Crippen molar-refractivity contribution >= 4 is 29.1 Å². The van der Waals surface area contributed by atoms with Crippen molar-refractivity contribution in [3.8, 4) is 0 Å². The van der Waals surface area contributed by atoms with Crippen molar-refractivity contribution < 1.29 is 9.59 Å². The molecule has 2 rings (SSSR count). The van der Waals surface area contributed by atoms with Gasteiger partial charge in [0.2, 0.25) is 5.91 Å². The van der Waals surface area contributed by atoms with Crippen LogP contribution >= 0.6 is 11.6 Å². The van der Waals surface area contributed by atoms with Crippen LogP contribution in [0.1, 0.15) is 10.4 Å². The van der Waals surface area contributed by atoms with Gasteiger partial charge in [-0.25, -0.2) is 0 Å². The van der Waals surface area contributed by atoms with Crippen molar-refractivity contribution in [1.82, 2.24) is 15.5 Å². The summed E-state index contributed by atoms with van der Waals surface area (Å²) < 4.78 is 0. The Morgan fingerprint density at radius 3 is 2.71 bits per heavy atom. The van der Waals surface area contributed by atoms with Crippen LogP contribution in [0.3, 0.4) is 0 Å². The molecule has 0 spiro atoms. The van der Waals surface area contributed by atoms with Gasteiger partial charge in [-0.3, -0.25) is 14.5 Å². The first-order chi connectivity index (χ1) is 10.1. The molecule has 0 saturated carbocycles. The smallest absolute Gasteiger partial charge is 0.251 e. The second kappa shape index (κ2) is 7.40. The molecule has 7 heteroatoms. The minimum atomic E-state index is -0.218. The van der Waals surface area contributed by atoms with Gasteiger partial charge in [0.15, 0.2) is 0 Å². The average molecular weight is 311 g/mol. The van der Waals surface area contributed by atoms with Crippen LogP contribution in [-0.4, -0.2) is 56.5 Å². The number of hydrogen-bond acceptors (Lipinski definition) is 4. The standard InChI is InChI=1S/C14H19ClN4O2/c1-16-14(21)10-2-3-11(15)12(8-10)18-13(20)9-19-6-4-17-5-7-19/h2-3,8,17H,4-7,9H2,1H3,(H,16,21)(H,18,20). The van der Waals surface area contributed by atoms with Gasteiger partial charge < -0.3 is 16.0 Å². The first-order valence-electron chi connectivity index (χ1n) is 6.84. The van der Waals surface area contributed by atoms with E-state index in [2.05, 4.69) is 20.9 Å². The largest absolute Gasteiger partial charge is 0.355 e. The first-order valence-corrected chi connectivity index (χ1v) is 7.22. The molecule has 1 saturated heterocycles. The maximum absolute atomic E-state index is 12.1. The van der Waals surface area contributed by atoms with Gasteiger partial charge in [-0.05, 0) is 18.2 Å². The maximum atomic E-state index is 12.1. The number of carbonyl (C=O) groups excluding carboxylic acids is 2. The molecule has 0 unspecified atom stereocenters. The van der Waals surface area contributed by atoms with Crippen LogP contribution in [0.25, 0.3) is 0 Å². The van der Waals surface area contributed by atoms with Gasteiger partial charge in [-0.15, -0.1) is 0 Å². The number of rotatable bonds is 4. The molecule has 2 amide bonds. The van der Waals surface area contributed by atoms with Crippen LogP contribution in [-0.2, 0) is 4.79 Å². The molecule has 21 heavy (non-hydrogen) atoms. The number of anilines is 1. The summed E-state index contributed by atoms with van der Waals surface area (Å²) in [5.74, 6) is -0.350. The molecular formula is C14H19ClN4O2. The van der Waals surface area contributed by atoms with Crippen LogP contribution in [0, 0.1) is 0 Å². The minimum Gasteiger partial charge on any atom is -0.355 e. The van der Waals surface area contributed by atoms with E-state index in [0.717, 1.165) is 26.2 Å². The van der Waals surface area contributed by atoms with Gasteiger partial charge in [0, 0.05) is 38.8 Å². The van der Waals surface area contributed by atoms with Crippen molar-refractivity contribution in [3.63, 3.8) is 0 Å². The Labute approximate surface area is 128 Å². The number of hydrogen-bond donors (Lipinski definition) is 3. The number of piperazine rings is 1. The predicted octanol–water partition coefficient (Wildman–Crippen LogP) is 0.543. The van der Waals surface area contributed by atoms with Gasteiger partial charge in [-0.2, -0.15) is 0 Å². The van der Waals surface area contributed by atoms with E-state index in [0.29, 0.717) is 22.8 Å². The highest BCUT2D eigenvalue weighted by Crippen LogP contribution is 2.23. The van der Waals surface area contributed by atoms with Crippen LogP contribution in [0.2, 0.25) is 5.02 Å². The summed E-state index contributed by atoms with van der Waals surface area (Å²) in [6.45, 7) is 3.79. The maximum Gasteiger partial charge on any atom is 0.251 e. The summed E-state index contributed by atoms with van der Waals surface area (Å²) in [5, 5.41) is 8.95. The lowest BCUT2D eigenvalue weighted by Crippen LogP contribution is -2.46. The highest BCUT2D eigenvalue weighted by atomic mass is 35.5. The summed E-state index contributed by atoms with van der Waals surface area (Å²) in [5.41, 5.74) is 0.914. The third-order valence-electron chi connectivity index (χ3n) is 3.31. The van der Waals surface area contributed by atoms with Gasteiger partial charge in [0.05, 0.1) is 17.3 Å². The summed E-state index contributed by atoms with van der Waals surface area (Å²) in [6.07, 6.45) is 0. The SMILES string of the molecule is CNC(=O)c1ccc(Cl)c(NC(=O)CN2CCNCC2)c1. The Hall–Kier alpha value is -1.63. The lowest BCUT2D eigenvalue weighted by atomic mass is 10.2. The molecule has 0 atom stereocenters. The number of halogens is 1. The Bertz CT molecular complexity index is 530. The van der Waals surface area contributed by atoms with Crippen molar-refractivity contribution in [2.45, 2.75) is 0 Å². The van der Waals surface area contributed by atoms with E-state index in [1.54, 1.807) is 25.2 Å². The molecule has 0 aromatic heterocycles. The second-order valence-corrected chi connectivity index (χ2v) is 5.26. The number of nitrogens with zero attached hydrogens (tertiary/aromatic N) is 1. The molecule has 0 radical (unpaired) electrons. The van der Waals surface area contributed by atoms with E-state index < -0.39 is 0 Å². The molecule has 1 aromatic carbocycles. The third kappa shape index (κ3) is 4.42. The number of nitrogens with one attached hydrogen (secondary N) is 3. The fourth-order valence-corrected chi connectivity index (χ4v) is 2.33. The lowest BCUT2D eigenvalue weighted by Gasteiger charge is -2.26. The first kappa shape index (κ1) is 15.8. The van der Waals surface area contributed by atoms with E-state index >= 15 is 0 Å². The number of carbonyl (C=O) groups is 2. The fourth-order valence-electron chi connectivity index (χ4n) is 2.17. The van der Waals surface area contributed by atoms with Crippen LogP contribution in [0.4, 0.5) is 5.69 Å². The second-order valence-electron chi connectivity index (χ2n) is 4.85. The number of benzene rings is 1. The molecular weight excluding hydrogens is 292 g/mol. The fraction of sp³-hybridized carbons (Fsp3) is 0.429. The molecule has 1 aliphatic rings. The van der Waals surface area contributed by atoms with Gasteiger partial charge >= 0.3 is 0 Å². The van der Waals surface area contributed by atoms with Crippen LogP contribution in [0.15, 0.2) is 18.2 Å². The van der Waals surface area contributed by atoms with E-state index in [9.17, 15) is 9.59 Å². The van der Waals surface area contributed by atoms with Crippen LogP contribution in [0.5, 0.6) is 0 Å². The van der Waals surface area contributed by atoms with Gasteiger partial charge in [0.25, 0.3) is 5.91 Å². The molecule has 1 fully saturated rings. The molecule has 1 aromatic rings. The zero-order valence-corrected chi connectivity index (χ0v) is 12.7. The summed E-state index contributed by atoms with van der Waals surface area (Å²) in [4.78, 5) is 25.7. The highest BCUT2D eigenvalue weighted by molar-refractivity contribution is 6.33. The molecule has 1 heterocycles. The van der Waals surface area contributed by atoms with Gasteiger partial charge in [-0.1, -0.05) is 11.6 Å². The highest BCUT2D eigenvalue weighted by Gasteiger charge is 2.15. The molecule has 6 nitrogen and oxygen atoms in total. The van der Waals surface area contributed by atoms with E-state index in [1.165, 1.54) is 0 Å². The monoisotopic (exact) mass is 310 g/mol. The quantitative estimate of drug-likeness (QED) is 0.759. The Morgan fingerprint density at radius 2 is 2.05 bits per heavy atom. The third-order valence-corrected chi connectivity index (χ3v) is 3.64. The van der Waals surface area contributed by atoms with E-state index in [-0.39, 0.29) is 11.8 Å². The van der Waals surface area contributed by atoms with Gasteiger partial charge in [0.1, 0.15) is 0 Å². The minimum absolute atomic E-state index is 0.132. The van der Waals surface area contributed by atoms with Crippen molar-refractivity contribution in [2.75, 3.05) is 45.1 Å². The Kier molecular flexibility index (Phi) is 5.55. The van der Waals surface area contributed by atoms with E-state index in [4.69, 9.17) is 11.6 Å². The molecule has 3 N–H and O–H groups in total. The zero-order valence-electron chi connectivity index (χ0n) is 11.9. The topological polar surface area (TPSA) is 73.5 Å².